The first-order chi connectivity index (χ1) is 9.74. The molecule has 3 rings (SSSR count). The Morgan fingerprint density at radius 3 is 2.95 bits per heavy atom. The average molecular weight is 269 g/mol. The van der Waals surface area contributed by atoms with Crippen molar-refractivity contribution in [3.05, 3.63) is 36.0 Å². The third-order valence-corrected chi connectivity index (χ3v) is 4.14. The zero-order valence-corrected chi connectivity index (χ0v) is 12.4. The maximum absolute atomic E-state index is 4.62. The third-order valence-electron chi connectivity index (χ3n) is 4.14. The van der Waals surface area contributed by atoms with Gasteiger partial charge in [0.2, 0.25) is 0 Å². The van der Waals surface area contributed by atoms with Gasteiger partial charge in [0.1, 0.15) is 0 Å². The topological polar surface area (TPSA) is 28.2 Å². The van der Waals surface area contributed by atoms with Crippen molar-refractivity contribution in [1.82, 2.24) is 10.3 Å². The normalized spacial score (nSPS) is 19.2. The van der Waals surface area contributed by atoms with Gasteiger partial charge in [-0.15, -0.1) is 0 Å². The molecule has 1 saturated heterocycles. The molecular weight excluding hydrogens is 246 g/mol. The van der Waals surface area contributed by atoms with Crippen molar-refractivity contribution in [3.8, 4) is 0 Å². The molecule has 0 saturated carbocycles. The van der Waals surface area contributed by atoms with Gasteiger partial charge in [0, 0.05) is 36.4 Å². The Bertz CT molecular complexity index is 588. The fourth-order valence-corrected chi connectivity index (χ4v) is 3.11. The van der Waals surface area contributed by atoms with Gasteiger partial charge in [-0.1, -0.05) is 24.6 Å². The van der Waals surface area contributed by atoms with Gasteiger partial charge < -0.3 is 10.2 Å². The van der Waals surface area contributed by atoms with Crippen LogP contribution in [0.1, 0.15) is 25.0 Å². The van der Waals surface area contributed by atoms with Crippen LogP contribution in [0.2, 0.25) is 0 Å². The van der Waals surface area contributed by atoms with Crippen LogP contribution >= 0.6 is 0 Å². The van der Waals surface area contributed by atoms with E-state index >= 15 is 0 Å². The van der Waals surface area contributed by atoms with Crippen LogP contribution in [0, 0.1) is 6.92 Å². The van der Waals surface area contributed by atoms with E-state index in [0.717, 1.165) is 24.3 Å². The van der Waals surface area contributed by atoms with E-state index in [1.807, 2.05) is 0 Å². The van der Waals surface area contributed by atoms with Crippen LogP contribution in [0.3, 0.4) is 0 Å². The zero-order valence-electron chi connectivity index (χ0n) is 12.4. The van der Waals surface area contributed by atoms with E-state index < -0.39 is 0 Å². The van der Waals surface area contributed by atoms with Crippen LogP contribution in [0.25, 0.3) is 10.9 Å². The Balaban J connectivity index is 1.88. The number of likely N-dealkylation sites (N-methyl/N-ethyl adjacent to an activating group) is 1. The lowest BCUT2D eigenvalue weighted by atomic mass is 10.0. The number of piperidine rings is 1. The van der Waals surface area contributed by atoms with Crippen LogP contribution in [-0.4, -0.2) is 31.2 Å². The zero-order chi connectivity index (χ0) is 13.9. The van der Waals surface area contributed by atoms with Crippen LogP contribution in [0.15, 0.2) is 30.3 Å². The van der Waals surface area contributed by atoms with E-state index in [9.17, 15) is 0 Å². The second-order valence-corrected chi connectivity index (χ2v) is 5.83. The maximum atomic E-state index is 4.62. The average Bonchev–Trinajstić information content (AvgIpc) is 2.47. The van der Waals surface area contributed by atoms with E-state index in [-0.39, 0.29) is 0 Å². The second kappa shape index (κ2) is 5.80. The van der Waals surface area contributed by atoms with Crippen molar-refractivity contribution in [2.24, 2.45) is 0 Å². The minimum absolute atomic E-state index is 0.612. The first-order valence-electron chi connectivity index (χ1n) is 7.55. The second-order valence-electron chi connectivity index (χ2n) is 5.83. The lowest BCUT2D eigenvalue weighted by Crippen LogP contribution is -2.42. The first kappa shape index (κ1) is 13.4. The number of hydrogen-bond donors (Lipinski definition) is 1. The summed E-state index contributed by atoms with van der Waals surface area (Å²) in [7, 11) is 2.19. The summed E-state index contributed by atoms with van der Waals surface area (Å²) < 4.78 is 0. The summed E-state index contributed by atoms with van der Waals surface area (Å²) in [6.45, 7) is 4.30. The van der Waals surface area contributed by atoms with E-state index in [0.29, 0.717) is 6.04 Å². The van der Waals surface area contributed by atoms with Crippen molar-refractivity contribution in [1.29, 1.82) is 0 Å². The molecule has 1 aliphatic rings. The van der Waals surface area contributed by atoms with E-state index in [1.54, 1.807) is 0 Å². The number of aromatic nitrogens is 1. The molecule has 1 N–H and O–H groups in total. The lowest BCUT2D eigenvalue weighted by molar-refractivity contribution is 0.403. The van der Waals surface area contributed by atoms with Crippen molar-refractivity contribution >= 4 is 16.6 Å². The molecule has 106 valence electrons. The smallest absolute Gasteiger partial charge is 0.0726 e. The van der Waals surface area contributed by atoms with Crippen molar-refractivity contribution in [2.75, 3.05) is 25.0 Å². The summed E-state index contributed by atoms with van der Waals surface area (Å²) in [6.07, 6.45) is 3.95. The standard InChI is InChI=1S/C17H23N3/c1-13-11-17(15-8-3-4-9-16(15)19-13)20(2)12-14-7-5-6-10-18-14/h3-4,8-9,11,14,18H,5-7,10,12H2,1-2H3. The Morgan fingerprint density at radius 2 is 2.15 bits per heavy atom. The van der Waals surface area contributed by atoms with E-state index in [1.165, 1.54) is 30.3 Å². The van der Waals surface area contributed by atoms with Crippen LogP contribution in [0.4, 0.5) is 5.69 Å². The molecule has 1 aliphatic heterocycles. The number of benzene rings is 1. The van der Waals surface area contributed by atoms with Crippen LogP contribution < -0.4 is 10.2 Å². The third kappa shape index (κ3) is 2.78. The highest BCUT2D eigenvalue weighted by molar-refractivity contribution is 5.91. The molecule has 1 unspecified atom stereocenters. The highest BCUT2D eigenvalue weighted by atomic mass is 15.1. The first-order valence-corrected chi connectivity index (χ1v) is 7.55. The molecule has 0 radical (unpaired) electrons. The van der Waals surface area contributed by atoms with Crippen molar-refractivity contribution in [3.63, 3.8) is 0 Å². The summed E-state index contributed by atoms with van der Waals surface area (Å²) in [5, 5.41) is 4.87. The van der Waals surface area contributed by atoms with Gasteiger partial charge in [0.05, 0.1) is 5.52 Å². The van der Waals surface area contributed by atoms with Gasteiger partial charge in [0.25, 0.3) is 0 Å². The molecule has 1 fully saturated rings. The summed E-state index contributed by atoms with van der Waals surface area (Å²) in [4.78, 5) is 7.00. The number of nitrogens with zero attached hydrogens (tertiary/aromatic N) is 2. The monoisotopic (exact) mass is 269 g/mol. The number of hydrogen-bond acceptors (Lipinski definition) is 3. The molecule has 2 aromatic rings. The number of pyridine rings is 1. The predicted molar refractivity (Wildman–Crippen MR) is 85.4 cm³/mol. The fourth-order valence-electron chi connectivity index (χ4n) is 3.11. The molecular formula is C17H23N3. The molecule has 2 heterocycles. The Morgan fingerprint density at radius 1 is 1.30 bits per heavy atom. The van der Waals surface area contributed by atoms with Crippen LogP contribution in [0.5, 0.6) is 0 Å². The van der Waals surface area contributed by atoms with Crippen molar-refractivity contribution in [2.45, 2.75) is 32.2 Å². The molecule has 1 atom stereocenters. The molecule has 0 amide bonds. The molecule has 3 heteroatoms. The van der Waals surface area contributed by atoms with Crippen molar-refractivity contribution < 1.29 is 0 Å². The molecule has 0 bridgehead atoms. The number of nitrogens with one attached hydrogen (secondary N) is 1. The Labute approximate surface area is 121 Å². The Hall–Kier alpha value is -1.61. The highest BCUT2D eigenvalue weighted by Crippen LogP contribution is 2.26. The molecule has 0 spiro atoms. The number of para-hydroxylation sites is 1. The van der Waals surface area contributed by atoms with Gasteiger partial charge in [-0.3, -0.25) is 4.98 Å². The summed E-state index contributed by atoms with van der Waals surface area (Å²) in [6, 6.07) is 11.2. The number of anilines is 1. The molecule has 0 aliphatic carbocycles. The summed E-state index contributed by atoms with van der Waals surface area (Å²) in [5.74, 6) is 0. The summed E-state index contributed by atoms with van der Waals surface area (Å²) >= 11 is 0. The van der Waals surface area contributed by atoms with Gasteiger partial charge in [0.15, 0.2) is 0 Å². The summed E-state index contributed by atoms with van der Waals surface area (Å²) in [5.41, 5.74) is 3.47. The Kier molecular flexibility index (Phi) is 3.88. The lowest BCUT2D eigenvalue weighted by Gasteiger charge is -2.30. The largest absolute Gasteiger partial charge is 0.372 e. The number of aryl methyl sites for hydroxylation is 1. The maximum Gasteiger partial charge on any atom is 0.0726 e. The molecule has 1 aromatic heterocycles. The van der Waals surface area contributed by atoms with E-state index in [4.69, 9.17) is 0 Å². The van der Waals surface area contributed by atoms with Gasteiger partial charge in [-0.05, 0) is 38.4 Å². The molecule has 1 aromatic carbocycles. The number of rotatable bonds is 3. The van der Waals surface area contributed by atoms with E-state index in [2.05, 4.69) is 59.5 Å². The SMILES string of the molecule is Cc1cc(N(C)CC2CCCCN2)c2ccccc2n1. The van der Waals surface area contributed by atoms with Crippen LogP contribution in [-0.2, 0) is 0 Å². The minimum atomic E-state index is 0.612. The van der Waals surface area contributed by atoms with Gasteiger partial charge in [-0.2, -0.15) is 0 Å². The van der Waals surface area contributed by atoms with Gasteiger partial charge in [-0.25, -0.2) is 0 Å². The fraction of sp³-hybridized carbons (Fsp3) is 0.471. The highest BCUT2D eigenvalue weighted by Gasteiger charge is 2.16. The molecule has 3 nitrogen and oxygen atoms in total. The predicted octanol–water partition coefficient (Wildman–Crippen LogP) is 3.12. The minimum Gasteiger partial charge on any atom is -0.372 e. The number of fused-ring (bicyclic) bond motifs is 1. The van der Waals surface area contributed by atoms with Gasteiger partial charge >= 0.3 is 0 Å². The molecule has 20 heavy (non-hydrogen) atoms. The quantitative estimate of drug-likeness (QED) is 0.928.